The molecule has 0 aliphatic rings. The summed E-state index contributed by atoms with van der Waals surface area (Å²) in [5, 5.41) is 3.07. The number of amides is 1. The molecule has 0 unspecified atom stereocenters. The van der Waals surface area contributed by atoms with Gasteiger partial charge in [0, 0.05) is 13.0 Å². The molecule has 0 aliphatic heterocycles. The summed E-state index contributed by atoms with van der Waals surface area (Å²) >= 11 is 0. The Bertz CT molecular complexity index is 759. The van der Waals surface area contributed by atoms with E-state index in [1.165, 1.54) is 89.0 Å². The molecule has 0 aliphatic carbocycles. The maximum atomic E-state index is 12.6. The van der Waals surface area contributed by atoms with Crippen molar-refractivity contribution in [3.8, 4) is 5.75 Å². The van der Waals surface area contributed by atoms with Crippen LogP contribution in [0.25, 0.3) is 0 Å². The quantitative estimate of drug-likeness (QED) is 0.199. The molecule has 34 heavy (non-hydrogen) atoms. The van der Waals surface area contributed by atoms with E-state index in [9.17, 15) is 4.79 Å². The van der Waals surface area contributed by atoms with Crippen LogP contribution < -0.4 is 10.1 Å². The first-order valence-electron chi connectivity index (χ1n) is 13.8. The molecule has 1 N–H and O–H groups in total. The predicted octanol–water partition coefficient (Wildman–Crippen LogP) is 8.52. The lowest BCUT2D eigenvalue weighted by atomic mass is 10.0. The molecule has 0 heterocycles. The number of rotatable bonds is 20. The molecule has 2 rings (SSSR count). The highest BCUT2D eigenvalue weighted by atomic mass is 16.5. The minimum absolute atomic E-state index is 0.0370. The maximum absolute atomic E-state index is 12.6. The van der Waals surface area contributed by atoms with Crippen LogP contribution in [0.2, 0.25) is 0 Å². The van der Waals surface area contributed by atoms with Crippen molar-refractivity contribution in [1.82, 2.24) is 5.32 Å². The monoisotopic (exact) mass is 465 g/mol. The van der Waals surface area contributed by atoms with Crippen LogP contribution in [-0.2, 0) is 6.42 Å². The summed E-state index contributed by atoms with van der Waals surface area (Å²) < 4.78 is 5.93. The topological polar surface area (TPSA) is 38.3 Å². The lowest BCUT2D eigenvalue weighted by Gasteiger charge is -2.12. The van der Waals surface area contributed by atoms with Gasteiger partial charge in [0.1, 0.15) is 5.75 Å². The van der Waals surface area contributed by atoms with Crippen LogP contribution in [0.3, 0.4) is 0 Å². The fourth-order valence-corrected chi connectivity index (χ4v) is 4.32. The summed E-state index contributed by atoms with van der Waals surface area (Å²) in [6.07, 6.45) is 19.6. The van der Waals surface area contributed by atoms with Crippen LogP contribution in [-0.4, -0.2) is 19.1 Å². The molecule has 0 spiro atoms. The van der Waals surface area contributed by atoms with Crippen molar-refractivity contribution in [1.29, 1.82) is 0 Å². The molecule has 0 saturated heterocycles. The van der Waals surface area contributed by atoms with Crippen LogP contribution in [0.1, 0.15) is 113 Å². The summed E-state index contributed by atoms with van der Waals surface area (Å²) in [6.45, 7) is 3.57. The number of nitrogens with one attached hydrogen (secondary N) is 1. The molecule has 0 fully saturated rings. The fourth-order valence-electron chi connectivity index (χ4n) is 4.32. The first-order valence-corrected chi connectivity index (χ1v) is 13.8. The summed E-state index contributed by atoms with van der Waals surface area (Å²) in [5.41, 5.74) is 1.86. The number of para-hydroxylation sites is 1. The highest BCUT2D eigenvalue weighted by molar-refractivity contribution is 5.96. The smallest absolute Gasteiger partial charge is 0.255 e. The summed E-state index contributed by atoms with van der Waals surface area (Å²) in [4.78, 5) is 12.6. The Hall–Kier alpha value is -2.29. The Morgan fingerprint density at radius 3 is 1.82 bits per heavy atom. The molecule has 0 aromatic heterocycles. The van der Waals surface area contributed by atoms with Crippen LogP contribution in [0, 0.1) is 0 Å². The van der Waals surface area contributed by atoms with E-state index in [4.69, 9.17) is 4.74 Å². The molecule has 188 valence electrons. The van der Waals surface area contributed by atoms with Crippen molar-refractivity contribution in [3.05, 3.63) is 65.7 Å². The Morgan fingerprint density at radius 1 is 0.676 bits per heavy atom. The molecular weight excluding hydrogens is 418 g/mol. The van der Waals surface area contributed by atoms with Crippen LogP contribution >= 0.6 is 0 Å². The van der Waals surface area contributed by atoms with Crippen molar-refractivity contribution >= 4 is 5.91 Å². The Kier molecular flexibility index (Phi) is 15.7. The second-order valence-electron chi connectivity index (χ2n) is 9.43. The Labute approximate surface area is 208 Å². The largest absolute Gasteiger partial charge is 0.492 e. The van der Waals surface area contributed by atoms with Crippen molar-refractivity contribution in [2.24, 2.45) is 0 Å². The average Bonchev–Trinajstić information content (AvgIpc) is 2.87. The van der Waals surface area contributed by atoms with E-state index in [2.05, 4.69) is 24.4 Å². The fraction of sp³-hybridized carbons (Fsp3) is 0.581. The Morgan fingerprint density at radius 2 is 1.21 bits per heavy atom. The standard InChI is InChI=1S/C31H47NO2/c1-2-3-4-5-6-7-8-9-10-11-12-13-14-20-26-32-31(33)29-23-18-19-24-30(29)34-27-25-28-21-16-15-17-22-28/h15-19,21-24H,2-14,20,25-27H2,1H3,(H,32,33). The van der Waals surface area contributed by atoms with Gasteiger partial charge in [-0.2, -0.15) is 0 Å². The third kappa shape index (κ3) is 12.8. The molecular formula is C31H47NO2. The van der Waals surface area contributed by atoms with E-state index in [1.807, 2.05) is 42.5 Å². The first kappa shape index (κ1) is 28.0. The number of hydrogen-bond donors (Lipinski definition) is 1. The van der Waals surface area contributed by atoms with E-state index in [0.717, 1.165) is 19.4 Å². The summed E-state index contributed by atoms with van der Waals surface area (Å²) in [7, 11) is 0. The number of carbonyl (C=O) groups excluding carboxylic acids is 1. The van der Waals surface area contributed by atoms with Crippen molar-refractivity contribution in [2.45, 2.75) is 103 Å². The molecule has 3 nitrogen and oxygen atoms in total. The minimum atomic E-state index is -0.0370. The lowest BCUT2D eigenvalue weighted by molar-refractivity contribution is 0.0949. The number of hydrogen-bond acceptors (Lipinski definition) is 2. The summed E-state index contributed by atoms with van der Waals surface area (Å²) in [5.74, 6) is 0.627. The van der Waals surface area contributed by atoms with Gasteiger partial charge in [0.05, 0.1) is 12.2 Å². The van der Waals surface area contributed by atoms with Gasteiger partial charge in [-0.15, -0.1) is 0 Å². The first-order chi connectivity index (χ1) is 16.8. The average molecular weight is 466 g/mol. The van der Waals surface area contributed by atoms with Gasteiger partial charge in [-0.1, -0.05) is 133 Å². The molecule has 0 radical (unpaired) electrons. The van der Waals surface area contributed by atoms with E-state index >= 15 is 0 Å². The van der Waals surface area contributed by atoms with Crippen LogP contribution in [0.4, 0.5) is 0 Å². The number of benzene rings is 2. The van der Waals surface area contributed by atoms with E-state index in [-0.39, 0.29) is 5.91 Å². The normalized spacial score (nSPS) is 10.9. The molecule has 1 amide bonds. The van der Waals surface area contributed by atoms with E-state index in [1.54, 1.807) is 0 Å². The zero-order valence-electron chi connectivity index (χ0n) is 21.5. The van der Waals surface area contributed by atoms with Gasteiger partial charge in [0.25, 0.3) is 5.91 Å². The van der Waals surface area contributed by atoms with Crippen molar-refractivity contribution in [3.63, 3.8) is 0 Å². The van der Waals surface area contributed by atoms with Gasteiger partial charge >= 0.3 is 0 Å². The lowest BCUT2D eigenvalue weighted by Crippen LogP contribution is -2.25. The van der Waals surface area contributed by atoms with E-state index in [0.29, 0.717) is 17.9 Å². The maximum Gasteiger partial charge on any atom is 0.255 e. The number of unbranched alkanes of at least 4 members (excludes halogenated alkanes) is 13. The molecule has 2 aromatic carbocycles. The molecule has 2 aromatic rings. The van der Waals surface area contributed by atoms with Gasteiger partial charge in [-0.25, -0.2) is 0 Å². The summed E-state index contributed by atoms with van der Waals surface area (Å²) in [6, 6.07) is 17.8. The highest BCUT2D eigenvalue weighted by Gasteiger charge is 2.11. The third-order valence-electron chi connectivity index (χ3n) is 6.44. The van der Waals surface area contributed by atoms with Crippen LogP contribution in [0.15, 0.2) is 54.6 Å². The molecule has 0 saturated carbocycles. The second-order valence-corrected chi connectivity index (χ2v) is 9.43. The van der Waals surface area contributed by atoms with Crippen LogP contribution in [0.5, 0.6) is 5.75 Å². The van der Waals surface area contributed by atoms with Crippen molar-refractivity contribution in [2.75, 3.05) is 13.2 Å². The van der Waals surface area contributed by atoms with Crippen molar-refractivity contribution < 1.29 is 9.53 Å². The van der Waals surface area contributed by atoms with Gasteiger partial charge < -0.3 is 10.1 Å². The highest BCUT2D eigenvalue weighted by Crippen LogP contribution is 2.18. The molecule has 3 heteroatoms. The van der Waals surface area contributed by atoms with Gasteiger partial charge in [-0.05, 0) is 24.1 Å². The zero-order valence-corrected chi connectivity index (χ0v) is 21.5. The van der Waals surface area contributed by atoms with E-state index < -0.39 is 0 Å². The third-order valence-corrected chi connectivity index (χ3v) is 6.44. The Balaban J connectivity index is 1.48. The predicted molar refractivity (Wildman–Crippen MR) is 145 cm³/mol. The number of carbonyl (C=O) groups is 1. The molecule has 0 atom stereocenters. The van der Waals surface area contributed by atoms with Gasteiger partial charge in [0.15, 0.2) is 0 Å². The minimum Gasteiger partial charge on any atom is -0.492 e. The van der Waals surface area contributed by atoms with Gasteiger partial charge in [-0.3, -0.25) is 4.79 Å². The number of ether oxygens (including phenoxy) is 1. The van der Waals surface area contributed by atoms with Gasteiger partial charge in [0.2, 0.25) is 0 Å². The molecule has 0 bridgehead atoms. The zero-order chi connectivity index (χ0) is 24.1. The SMILES string of the molecule is CCCCCCCCCCCCCCCCNC(=O)c1ccccc1OCCc1ccccc1. The second kappa shape index (κ2) is 19.1.